The van der Waals surface area contributed by atoms with Crippen LogP contribution in [-0.2, 0) is 0 Å². The average molecular weight is 291 g/mol. The van der Waals surface area contributed by atoms with Crippen molar-refractivity contribution in [3.63, 3.8) is 0 Å². The molecule has 1 fully saturated rings. The molecule has 0 atom stereocenters. The van der Waals surface area contributed by atoms with Crippen LogP contribution in [0.2, 0.25) is 0 Å². The molecule has 0 radical (unpaired) electrons. The van der Waals surface area contributed by atoms with Gasteiger partial charge in [0.2, 0.25) is 0 Å². The highest BCUT2D eigenvalue weighted by Crippen LogP contribution is 2.34. The summed E-state index contributed by atoms with van der Waals surface area (Å²) in [4.78, 5) is 11.2. The Morgan fingerprint density at radius 3 is 2.85 bits per heavy atom. The van der Waals surface area contributed by atoms with Crippen LogP contribution in [0.3, 0.4) is 0 Å². The van der Waals surface area contributed by atoms with Crippen molar-refractivity contribution < 1.29 is 5.11 Å². The van der Waals surface area contributed by atoms with E-state index in [1.807, 2.05) is 0 Å². The van der Waals surface area contributed by atoms with Gasteiger partial charge in [0.25, 0.3) is 0 Å². The molecule has 0 amide bonds. The Bertz CT molecular complexity index is 578. The normalized spacial score (nSPS) is 16.7. The predicted octanol–water partition coefficient (Wildman–Crippen LogP) is 3.13. The fraction of sp³-hybridized carbons (Fsp3) is 0.600. The molecule has 0 unspecified atom stereocenters. The minimum Gasteiger partial charge on any atom is -0.395 e. The third-order valence-electron chi connectivity index (χ3n) is 4.14. The van der Waals surface area contributed by atoms with Crippen molar-refractivity contribution in [3.05, 3.63) is 17.3 Å². The summed E-state index contributed by atoms with van der Waals surface area (Å²) >= 11 is 1.71. The number of rotatable bonds is 4. The van der Waals surface area contributed by atoms with Crippen molar-refractivity contribution in [1.82, 2.24) is 9.97 Å². The second-order valence-corrected chi connectivity index (χ2v) is 6.38. The van der Waals surface area contributed by atoms with Gasteiger partial charge < -0.3 is 10.0 Å². The first-order valence-electron chi connectivity index (χ1n) is 7.37. The Hall–Kier alpha value is -1.20. The molecule has 20 heavy (non-hydrogen) atoms. The molecule has 5 heteroatoms. The van der Waals surface area contributed by atoms with E-state index in [-0.39, 0.29) is 6.61 Å². The molecule has 2 heterocycles. The topological polar surface area (TPSA) is 49.2 Å². The highest BCUT2D eigenvalue weighted by molar-refractivity contribution is 7.18. The van der Waals surface area contributed by atoms with Gasteiger partial charge in [-0.15, -0.1) is 11.3 Å². The molecule has 1 saturated carbocycles. The number of aryl methyl sites for hydroxylation is 1. The number of hydrogen-bond donors (Lipinski definition) is 1. The molecule has 0 bridgehead atoms. The maximum Gasteiger partial charge on any atom is 0.150 e. The quantitative estimate of drug-likeness (QED) is 0.940. The van der Waals surface area contributed by atoms with Crippen LogP contribution in [-0.4, -0.2) is 34.3 Å². The number of anilines is 1. The molecular formula is C15H21N3OS. The number of aliphatic hydroxyl groups is 1. The third-order valence-corrected chi connectivity index (χ3v) is 5.22. The second kappa shape index (κ2) is 6.06. The monoisotopic (exact) mass is 291 g/mol. The summed E-state index contributed by atoms with van der Waals surface area (Å²) < 4.78 is 1.16. The summed E-state index contributed by atoms with van der Waals surface area (Å²) in [5.41, 5.74) is 2.26. The third kappa shape index (κ3) is 2.52. The number of aliphatic hydroxyl groups excluding tert-OH is 1. The summed E-state index contributed by atoms with van der Waals surface area (Å²) in [6, 6.07) is 0.511. The standard InChI is InChI=1S/C15H21N3OS/c1-11-9-20-14-13(11)16-10-17-15(14)18(7-8-19)12-5-3-2-4-6-12/h9-10,12,19H,2-8H2,1H3. The van der Waals surface area contributed by atoms with Gasteiger partial charge in [-0.1, -0.05) is 19.3 Å². The van der Waals surface area contributed by atoms with Gasteiger partial charge in [-0.2, -0.15) is 0 Å². The highest BCUT2D eigenvalue weighted by Gasteiger charge is 2.24. The van der Waals surface area contributed by atoms with Crippen LogP contribution in [0.5, 0.6) is 0 Å². The van der Waals surface area contributed by atoms with E-state index in [1.165, 1.54) is 37.7 Å². The molecule has 3 rings (SSSR count). The van der Waals surface area contributed by atoms with Crippen molar-refractivity contribution in [2.75, 3.05) is 18.1 Å². The van der Waals surface area contributed by atoms with Crippen LogP contribution in [0.4, 0.5) is 5.82 Å². The average Bonchev–Trinajstić information content (AvgIpc) is 2.88. The molecule has 1 N–H and O–H groups in total. The Balaban J connectivity index is 2.00. The number of hydrogen-bond acceptors (Lipinski definition) is 5. The fourth-order valence-corrected chi connectivity index (χ4v) is 4.13. The summed E-state index contributed by atoms with van der Waals surface area (Å²) in [7, 11) is 0. The fourth-order valence-electron chi connectivity index (χ4n) is 3.12. The van der Waals surface area contributed by atoms with E-state index in [2.05, 4.69) is 27.2 Å². The summed E-state index contributed by atoms with van der Waals surface area (Å²) in [6.07, 6.45) is 7.96. The van der Waals surface area contributed by atoms with Crippen molar-refractivity contribution in [2.45, 2.75) is 45.1 Å². The van der Waals surface area contributed by atoms with Gasteiger partial charge in [0.1, 0.15) is 12.1 Å². The number of thiophene rings is 1. The van der Waals surface area contributed by atoms with E-state index in [9.17, 15) is 5.11 Å². The first-order chi connectivity index (χ1) is 9.81. The van der Waals surface area contributed by atoms with Crippen LogP contribution in [0.15, 0.2) is 11.7 Å². The molecule has 0 aliphatic heterocycles. The lowest BCUT2D eigenvalue weighted by atomic mass is 9.94. The second-order valence-electron chi connectivity index (χ2n) is 5.50. The molecule has 0 aromatic carbocycles. The molecular weight excluding hydrogens is 270 g/mol. The molecule has 1 aliphatic carbocycles. The van der Waals surface area contributed by atoms with Crippen molar-refractivity contribution >= 4 is 27.4 Å². The number of fused-ring (bicyclic) bond motifs is 1. The first kappa shape index (κ1) is 13.8. The lowest BCUT2D eigenvalue weighted by Crippen LogP contribution is -2.39. The van der Waals surface area contributed by atoms with E-state index in [4.69, 9.17) is 0 Å². The Kier molecular flexibility index (Phi) is 4.17. The Morgan fingerprint density at radius 1 is 1.30 bits per heavy atom. The lowest BCUT2D eigenvalue weighted by molar-refractivity contribution is 0.289. The molecule has 2 aromatic heterocycles. The molecule has 108 valence electrons. The van der Waals surface area contributed by atoms with Crippen LogP contribution in [0.1, 0.15) is 37.7 Å². The first-order valence-corrected chi connectivity index (χ1v) is 8.25. The Morgan fingerprint density at radius 2 is 2.10 bits per heavy atom. The van der Waals surface area contributed by atoms with Gasteiger partial charge in [-0.05, 0) is 30.7 Å². The van der Waals surface area contributed by atoms with Gasteiger partial charge in [0, 0.05) is 12.6 Å². The summed E-state index contributed by atoms with van der Waals surface area (Å²) in [6.45, 7) is 2.92. The van der Waals surface area contributed by atoms with E-state index < -0.39 is 0 Å². The van der Waals surface area contributed by atoms with Gasteiger partial charge in [-0.25, -0.2) is 9.97 Å². The zero-order valence-corrected chi connectivity index (χ0v) is 12.7. The smallest absolute Gasteiger partial charge is 0.150 e. The molecule has 0 saturated heterocycles. The highest BCUT2D eigenvalue weighted by atomic mass is 32.1. The number of aromatic nitrogens is 2. The van der Waals surface area contributed by atoms with Gasteiger partial charge >= 0.3 is 0 Å². The Labute approximate surface area is 123 Å². The zero-order valence-electron chi connectivity index (χ0n) is 11.9. The van der Waals surface area contributed by atoms with E-state index in [0.717, 1.165) is 16.0 Å². The SMILES string of the molecule is Cc1csc2c(N(CCO)C3CCCCC3)ncnc12. The van der Waals surface area contributed by atoms with Crippen molar-refractivity contribution in [2.24, 2.45) is 0 Å². The maximum absolute atomic E-state index is 9.42. The molecule has 1 aliphatic rings. The van der Waals surface area contributed by atoms with E-state index in [1.54, 1.807) is 17.7 Å². The van der Waals surface area contributed by atoms with Crippen LogP contribution in [0.25, 0.3) is 10.2 Å². The van der Waals surface area contributed by atoms with Crippen LogP contribution < -0.4 is 4.90 Å². The van der Waals surface area contributed by atoms with Crippen molar-refractivity contribution in [3.8, 4) is 0 Å². The minimum absolute atomic E-state index is 0.173. The van der Waals surface area contributed by atoms with Gasteiger partial charge in [0.15, 0.2) is 0 Å². The predicted molar refractivity (Wildman–Crippen MR) is 83.5 cm³/mol. The van der Waals surface area contributed by atoms with Crippen LogP contribution in [0, 0.1) is 6.92 Å². The maximum atomic E-state index is 9.42. The van der Waals surface area contributed by atoms with Gasteiger partial charge in [0.05, 0.1) is 16.8 Å². The molecule has 2 aromatic rings. The van der Waals surface area contributed by atoms with Crippen LogP contribution >= 0.6 is 11.3 Å². The van der Waals surface area contributed by atoms with Crippen molar-refractivity contribution in [1.29, 1.82) is 0 Å². The summed E-state index contributed by atoms with van der Waals surface area (Å²) in [5, 5.41) is 11.6. The minimum atomic E-state index is 0.173. The van der Waals surface area contributed by atoms with E-state index in [0.29, 0.717) is 12.6 Å². The molecule has 4 nitrogen and oxygen atoms in total. The summed E-state index contributed by atoms with van der Waals surface area (Å²) in [5.74, 6) is 1.01. The number of nitrogens with zero attached hydrogens (tertiary/aromatic N) is 3. The van der Waals surface area contributed by atoms with Gasteiger partial charge in [-0.3, -0.25) is 0 Å². The van der Waals surface area contributed by atoms with E-state index >= 15 is 0 Å². The largest absolute Gasteiger partial charge is 0.395 e. The molecule has 0 spiro atoms. The zero-order chi connectivity index (χ0) is 13.9. The lowest BCUT2D eigenvalue weighted by Gasteiger charge is -2.35.